The summed E-state index contributed by atoms with van der Waals surface area (Å²) in [5.41, 5.74) is 6.24. The molecule has 2 nitrogen and oxygen atoms in total. The molecule has 1 aliphatic rings. The Morgan fingerprint density at radius 3 is 1.97 bits per heavy atom. The van der Waals surface area contributed by atoms with Crippen molar-refractivity contribution in [3.05, 3.63) is 94.2 Å². The van der Waals surface area contributed by atoms with Crippen molar-refractivity contribution in [1.29, 1.82) is 0 Å². The van der Waals surface area contributed by atoms with E-state index in [9.17, 15) is 9.90 Å². The van der Waals surface area contributed by atoms with E-state index >= 15 is 0 Å². The van der Waals surface area contributed by atoms with Crippen molar-refractivity contribution in [2.24, 2.45) is 5.41 Å². The van der Waals surface area contributed by atoms with Crippen LogP contribution in [0.15, 0.2) is 94.2 Å². The number of hydrogen-bond acceptors (Lipinski definition) is 2. The van der Waals surface area contributed by atoms with Crippen LogP contribution in [-0.2, 0) is 4.79 Å². The Labute approximate surface area is 195 Å². The molecule has 170 valence electrons. The first-order valence-electron chi connectivity index (χ1n) is 11.1. The summed E-state index contributed by atoms with van der Waals surface area (Å²) in [4.78, 5) is 10.6. The van der Waals surface area contributed by atoms with Gasteiger partial charge in [0.15, 0.2) is 0 Å². The van der Waals surface area contributed by atoms with Gasteiger partial charge in [-0.15, -0.1) is 0 Å². The summed E-state index contributed by atoms with van der Waals surface area (Å²) < 4.78 is 0. The van der Waals surface area contributed by atoms with Crippen LogP contribution >= 0.6 is 0 Å². The van der Waals surface area contributed by atoms with Crippen LogP contribution < -0.4 is 0 Å². The Morgan fingerprint density at radius 2 is 1.44 bits per heavy atom. The maximum absolute atomic E-state index is 10.6. The summed E-state index contributed by atoms with van der Waals surface area (Å²) in [7, 11) is 0. The van der Waals surface area contributed by atoms with Gasteiger partial charge in [0.05, 0.1) is 6.10 Å². The number of aliphatic hydroxyl groups is 1. The second-order valence-corrected chi connectivity index (χ2v) is 9.15. The van der Waals surface area contributed by atoms with E-state index in [1.54, 1.807) is 13.0 Å². The van der Waals surface area contributed by atoms with Gasteiger partial charge in [0.2, 0.25) is 0 Å². The zero-order valence-electron chi connectivity index (χ0n) is 20.7. The van der Waals surface area contributed by atoms with Crippen molar-refractivity contribution in [1.82, 2.24) is 0 Å². The van der Waals surface area contributed by atoms with Gasteiger partial charge in [0.1, 0.15) is 6.29 Å². The van der Waals surface area contributed by atoms with Crippen LogP contribution in [0.3, 0.4) is 0 Å². The molecule has 1 aliphatic carbocycles. The number of hydrogen-bond donors (Lipinski definition) is 1. The molecule has 0 fully saturated rings. The van der Waals surface area contributed by atoms with Crippen molar-refractivity contribution < 1.29 is 9.90 Å². The van der Waals surface area contributed by atoms with E-state index in [2.05, 4.69) is 51.7 Å². The van der Waals surface area contributed by atoms with E-state index < -0.39 is 0 Å². The predicted molar refractivity (Wildman–Crippen MR) is 138 cm³/mol. The van der Waals surface area contributed by atoms with E-state index in [-0.39, 0.29) is 11.5 Å². The summed E-state index contributed by atoms with van der Waals surface area (Å²) in [6, 6.07) is 0. The maximum atomic E-state index is 10.6. The van der Waals surface area contributed by atoms with Crippen LogP contribution in [0.1, 0.15) is 61.3 Å². The molecule has 0 unspecified atom stereocenters. The van der Waals surface area contributed by atoms with E-state index in [4.69, 9.17) is 0 Å². The van der Waals surface area contributed by atoms with Crippen LogP contribution in [0.4, 0.5) is 0 Å². The first-order valence-corrected chi connectivity index (χ1v) is 11.1. The molecule has 32 heavy (non-hydrogen) atoms. The van der Waals surface area contributed by atoms with E-state index in [1.165, 1.54) is 5.57 Å². The van der Waals surface area contributed by atoms with Gasteiger partial charge in [0.25, 0.3) is 0 Å². The minimum atomic E-state index is -0.260. The lowest BCUT2D eigenvalue weighted by Gasteiger charge is -2.34. The first kappa shape index (κ1) is 27.1. The third-order valence-corrected chi connectivity index (χ3v) is 5.21. The molecule has 1 N–H and O–H groups in total. The Kier molecular flexibility index (Phi) is 11.5. The van der Waals surface area contributed by atoms with E-state index in [0.29, 0.717) is 5.57 Å². The second kappa shape index (κ2) is 13.5. The number of carbonyl (C=O) groups is 1. The number of carbonyl (C=O) groups excluding carboxylic acids is 1. The van der Waals surface area contributed by atoms with Crippen LogP contribution in [-0.4, -0.2) is 17.5 Å². The van der Waals surface area contributed by atoms with Crippen LogP contribution in [0.25, 0.3) is 0 Å². The monoisotopic (exact) mass is 430 g/mol. The quantitative estimate of drug-likeness (QED) is 0.202. The molecule has 0 bridgehead atoms. The van der Waals surface area contributed by atoms with Gasteiger partial charge in [-0.25, -0.2) is 0 Å². The van der Waals surface area contributed by atoms with Crippen molar-refractivity contribution in [3.8, 4) is 11.8 Å². The predicted octanol–water partition coefficient (Wildman–Crippen LogP) is 7.14. The zero-order chi connectivity index (χ0) is 24.1. The molecule has 2 heteroatoms. The van der Waals surface area contributed by atoms with Crippen molar-refractivity contribution in [3.63, 3.8) is 0 Å². The van der Waals surface area contributed by atoms with Crippen LogP contribution in [0.2, 0.25) is 0 Å². The van der Waals surface area contributed by atoms with Gasteiger partial charge in [0, 0.05) is 11.0 Å². The molecule has 0 radical (unpaired) electrons. The lowest BCUT2D eigenvalue weighted by Crippen LogP contribution is -2.28. The Hall–Kier alpha value is -2.89. The summed E-state index contributed by atoms with van der Waals surface area (Å²) in [5, 5.41) is 10.0. The minimum absolute atomic E-state index is 0.0791. The molecule has 0 saturated heterocycles. The first-order chi connectivity index (χ1) is 15.0. The van der Waals surface area contributed by atoms with Gasteiger partial charge in [-0.05, 0) is 58.6 Å². The number of aldehydes is 1. The minimum Gasteiger partial charge on any atom is -0.393 e. The molecule has 0 aromatic rings. The summed E-state index contributed by atoms with van der Waals surface area (Å²) in [6.45, 7) is 14.3. The lowest BCUT2D eigenvalue weighted by atomic mass is 9.72. The van der Waals surface area contributed by atoms with E-state index in [0.717, 1.165) is 41.4 Å². The molecule has 0 spiro atoms. The molecule has 1 rings (SSSR count). The molecule has 0 heterocycles. The summed E-state index contributed by atoms with van der Waals surface area (Å²) in [6.07, 6.45) is 21.9. The molecule has 0 aromatic carbocycles. The number of allylic oxidation sites excluding steroid dienone is 15. The zero-order valence-corrected chi connectivity index (χ0v) is 20.7. The lowest BCUT2D eigenvalue weighted by molar-refractivity contribution is -0.104. The van der Waals surface area contributed by atoms with Crippen molar-refractivity contribution in [2.45, 2.75) is 67.4 Å². The largest absolute Gasteiger partial charge is 0.393 e. The molecule has 0 aliphatic heterocycles. The van der Waals surface area contributed by atoms with Crippen molar-refractivity contribution in [2.75, 3.05) is 0 Å². The number of aliphatic hydroxyl groups excluding tert-OH is 1. The highest BCUT2D eigenvalue weighted by atomic mass is 16.3. The Bertz CT molecular complexity index is 974. The second-order valence-electron chi connectivity index (χ2n) is 9.15. The SMILES string of the molecule is CC1=C(C#C/C(C)=C/C=C/C(C)=C/C=C/C=C(C)/C=C/C=C(\C)C=O)C(C)(C)C[C@H](O)C1. The average Bonchev–Trinajstić information content (AvgIpc) is 2.69. The molecule has 0 amide bonds. The highest BCUT2D eigenvalue weighted by Crippen LogP contribution is 2.39. The molecule has 1 atom stereocenters. The van der Waals surface area contributed by atoms with Gasteiger partial charge >= 0.3 is 0 Å². The molecule has 0 aromatic heterocycles. The topological polar surface area (TPSA) is 37.3 Å². The Balaban J connectivity index is 2.72. The average molecular weight is 431 g/mol. The van der Waals surface area contributed by atoms with Crippen LogP contribution in [0, 0.1) is 17.3 Å². The van der Waals surface area contributed by atoms with Crippen LogP contribution in [0.5, 0.6) is 0 Å². The summed E-state index contributed by atoms with van der Waals surface area (Å²) in [5.74, 6) is 6.62. The van der Waals surface area contributed by atoms with E-state index in [1.807, 2.05) is 56.4 Å². The van der Waals surface area contributed by atoms with Gasteiger partial charge in [-0.2, -0.15) is 0 Å². The van der Waals surface area contributed by atoms with Gasteiger partial charge in [-0.3, -0.25) is 4.79 Å². The third-order valence-electron chi connectivity index (χ3n) is 5.21. The summed E-state index contributed by atoms with van der Waals surface area (Å²) >= 11 is 0. The molecular formula is C30H38O2. The Morgan fingerprint density at radius 1 is 0.906 bits per heavy atom. The fourth-order valence-electron chi connectivity index (χ4n) is 3.54. The fourth-order valence-corrected chi connectivity index (χ4v) is 3.54. The fraction of sp³-hybridized carbons (Fsp3) is 0.367. The standard InChI is InChI=1S/C30H38O2/c1-23(12-8-9-13-24(2)15-11-17-26(4)22-31)14-10-16-25(3)18-19-29-27(5)20-28(32)21-30(29,6)7/h8-17,22,28,32H,20-21H2,1-7H3/b9-8+,14-10+,15-11+,23-12+,24-13+,25-16+,26-17+/t28-/m1/s1. The molecular weight excluding hydrogens is 392 g/mol. The van der Waals surface area contributed by atoms with Gasteiger partial charge < -0.3 is 5.11 Å². The molecule has 0 saturated carbocycles. The normalized spacial score (nSPS) is 20.9. The third kappa shape index (κ3) is 10.4. The highest BCUT2D eigenvalue weighted by Gasteiger charge is 2.31. The maximum Gasteiger partial charge on any atom is 0.145 e. The highest BCUT2D eigenvalue weighted by molar-refractivity contribution is 5.72. The number of rotatable bonds is 7. The van der Waals surface area contributed by atoms with Gasteiger partial charge in [-0.1, -0.05) is 103 Å². The smallest absolute Gasteiger partial charge is 0.145 e. The van der Waals surface area contributed by atoms with Crippen molar-refractivity contribution >= 4 is 6.29 Å².